The molecule has 0 amide bonds. The molecule has 0 saturated heterocycles. The Morgan fingerprint density at radius 1 is 1.37 bits per heavy atom. The second kappa shape index (κ2) is 5.95. The first-order chi connectivity index (χ1) is 8.70. The molecule has 0 spiro atoms. The minimum absolute atomic E-state index is 0.215. The Morgan fingerprint density at radius 3 is 2.53 bits per heavy atom. The van der Waals surface area contributed by atoms with Gasteiger partial charge in [-0.3, -0.25) is 4.79 Å². The molecule has 106 valence electrons. The van der Waals surface area contributed by atoms with Crippen molar-refractivity contribution in [2.45, 2.75) is 33.3 Å². The summed E-state index contributed by atoms with van der Waals surface area (Å²) in [6.45, 7) is 7.87. The Morgan fingerprint density at radius 2 is 2.00 bits per heavy atom. The summed E-state index contributed by atoms with van der Waals surface area (Å²) in [5.74, 6) is -0.215. The topological polar surface area (TPSA) is 32.8 Å². The quantitative estimate of drug-likeness (QED) is 0.733. The maximum atomic E-state index is 11.8. The second-order valence-electron chi connectivity index (χ2n) is 5.72. The summed E-state index contributed by atoms with van der Waals surface area (Å²) >= 11 is 0. The maximum absolute atomic E-state index is 11.8. The van der Waals surface area contributed by atoms with E-state index in [0.717, 1.165) is 11.4 Å². The fourth-order valence-electron chi connectivity index (χ4n) is 1.78. The molecule has 0 radical (unpaired) electrons. The van der Waals surface area contributed by atoms with Crippen LogP contribution in [0.2, 0.25) is 0 Å². The van der Waals surface area contributed by atoms with Gasteiger partial charge in [-0.1, -0.05) is 6.08 Å². The molecule has 0 N–H and O–H groups in total. The van der Waals surface area contributed by atoms with Crippen LogP contribution in [0.3, 0.4) is 0 Å². The molecule has 0 aliphatic carbocycles. The molecule has 0 bridgehead atoms. The summed E-state index contributed by atoms with van der Waals surface area (Å²) in [5, 5.41) is 0. The molecular weight excluding hydrogens is 240 g/mol. The zero-order chi connectivity index (χ0) is 14.6. The number of ether oxygens (including phenoxy) is 1. The number of rotatable bonds is 3. The summed E-state index contributed by atoms with van der Waals surface area (Å²) in [5.41, 5.74) is 1.67. The van der Waals surface area contributed by atoms with Crippen molar-refractivity contribution in [3.8, 4) is 0 Å². The number of carbonyl (C=O) groups excluding carboxylic acids is 1. The van der Waals surface area contributed by atoms with E-state index in [4.69, 9.17) is 4.74 Å². The molecule has 4 nitrogen and oxygen atoms in total. The standard InChI is InChI=1S/C15H24N2O2/c1-12(13-9-7-8-10-16(13)5)17(6)11-14(18)19-15(2,3)4/h7-10H,11H2,1-6H3/b13-12-. The van der Waals surface area contributed by atoms with Gasteiger partial charge in [0.05, 0.1) is 5.70 Å². The first kappa shape index (κ1) is 15.3. The fraction of sp³-hybridized carbons (Fsp3) is 0.533. The first-order valence-corrected chi connectivity index (χ1v) is 6.42. The predicted molar refractivity (Wildman–Crippen MR) is 77.2 cm³/mol. The minimum atomic E-state index is -0.441. The van der Waals surface area contributed by atoms with Crippen LogP contribution in [-0.2, 0) is 9.53 Å². The van der Waals surface area contributed by atoms with E-state index in [2.05, 4.69) is 0 Å². The van der Waals surface area contributed by atoms with Gasteiger partial charge >= 0.3 is 5.97 Å². The highest BCUT2D eigenvalue weighted by Crippen LogP contribution is 2.17. The number of likely N-dealkylation sites (N-methyl/N-ethyl adjacent to an activating group) is 2. The lowest BCUT2D eigenvalue weighted by atomic mass is 10.2. The van der Waals surface area contributed by atoms with Crippen molar-refractivity contribution in [3.63, 3.8) is 0 Å². The molecule has 0 saturated carbocycles. The SMILES string of the molecule is C/C(=C1\C=CC=CN1C)N(C)CC(=O)OC(C)(C)C. The minimum Gasteiger partial charge on any atom is -0.459 e. The van der Waals surface area contributed by atoms with Crippen LogP contribution in [-0.4, -0.2) is 42.0 Å². The van der Waals surface area contributed by atoms with Gasteiger partial charge in [0.15, 0.2) is 0 Å². The molecule has 1 rings (SSSR count). The third-order valence-corrected chi connectivity index (χ3v) is 2.78. The van der Waals surface area contributed by atoms with Crippen LogP contribution in [0.5, 0.6) is 0 Å². The molecule has 0 unspecified atom stereocenters. The van der Waals surface area contributed by atoms with Crippen molar-refractivity contribution in [2.24, 2.45) is 0 Å². The van der Waals surface area contributed by atoms with Crippen LogP contribution in [0.1, 0.15) is 27.7 Å². The van der Waals surface area contributed by atoms with Crippen LogP contribution in [0.25, 0.3) is 0 Å². The third-order valence-electron chi connectivity index (χ3n) is 2.78. The summed E-state index contributed by atoms with van der Waals surface area (Å²) in [6.07, 6.45) is 7.98. The van der Waals surface area contributed by atoms with Crippen LogP contribution in [0, 0.1) is 0 Å². The third kappa shape index (κ3) is 4.81. The molecule has 4 heteroatoms. The first-order valence-electron chi connectivity index (χ1n) is 6.42. The average molecular weight is 264 g/mol. The molecule has 19 heavy (non-hydrogen) atoms. The lowest BCUT2D eigenvalue weighted by molar-refractivity contribution is -0.155. The summed E-state index contributed by atoms with van der Waals surface area (Å²) in [6, 6.07) is 0. The molecule has 0 aromatic carbocycles. The van der Waals surface area contributed by atoms with Crippen molar-refractivity contribution < 1.29 is 9.53 Å². The number of hydrogen-bond acceptors (Lipinski definition) is 4. The normalized spacial score (nSPS) is 17.5. The van der Waals surface area contributed by atoms with E-state index in [0.29, 0.717) is 0 Å². The van der Waals surface area contributed by atoms with Gasteiger partial charge in [0.1, 0.15) is 12.1 Å². The monoisotopic (exact) mass is 264 g/mol. The Balaban J connectivity index is 2.70. The van der Waals surface area contributed by atoms with Crippen LogP contribution >= 0.6 is 0 Å². The van der Waals surface area contributed by atoms with Gasteiger partial charge in [-0.2, -0.15) is 0 Å². The van der Waals surface area contributed by atoms with Gasteiger partial charge in [0.2, 0.25) is 0 Å². The predicted octanol–water partition coefficient (Wildman–Crippen LogP) is 2.51. The second-order valence-corrected chi connectivity index (χ2v) is 5.72. The van der Waals surface area contributed by atoms with Crippen LogP contribution in [0.15, 0.2) is 35.8 Å². The highest BCUT2D eigenvalue weighted by Gasteiger charge is 2.19. The highest BCUT2D eigenvalue weighted by molar-refractivity contribution is 5.72. The smallest absolute Gasteiger partial charge is 0.326 e. The van der Waals surface area contributed by atoms with Crippen molar-refractivity contribution >= 4 is 5.97 Å². The summed E-state index contributed by atoms with van der Waals surface area (Å²) in [4.78, 5) is 15.7. The van der Waals surface area contributed by atoms with E-state index in [1.807, 2.05) is 76.0 Å². The van der Waals surface area contributed by atoms with Crippen molar-refractivity contribution in [1.82, 2.24) is 9.80 Å². The molecule has 0 aromatic rings. The van der Waals surface area contributed by atoms with E-state index in [9.17, 15) is 4.79 Å². The number of esters is 1. The molecule has 0 fully saturated rings. The average Bonchev–Trinajstić information content (AvgIpc) is 2.26. The zero-order valence-electron chi connectivity index (χ0n) is 12.7. The molecule has 1 heterocycles. The molecule has 0 atom stereocenters. The van der Waals surface area contributed by atoms with Crippen molar-refractivity contribution in [1.29, 1.82) is 0 Å². The van der Waals surface area contributed by atoms with Gasteiger partial charge in [0, 0.05) is 26.0 Å². The molecular formula is C15H24N2O2. The summed E-state index contributed by atoms with van der Waals surface area (Å²) in [7, 11) is 3.88. The van der Waals surface area contributed by atoms with E-state index in [-0.39, 0.29) is 12.5 Å². The van der Waals surface area contributed by atoms with E-state index in [1.54, 1.807) is 0 Å². The maximum Gasteiger partial charge on any atom is 0.326 e. The Bertz CT molecular complexity index is 428. The van der Waals surface area contributed by atoms with Crippen LogP contribution in [0.4, 0.5) is 0 Å². The Hall–Kier alpha value is -1.71. The number of hydrogen-bond donors (Lipinski definition) is 0. The van der Waals surface area contributed by atoms with Gasteiger partial charge < -0.3 is 14.5 Å². The Labute approximate surface area is 116 Å². The van der Waals surface area contributed by atoms with E-state index in [1.165, 1.54) is 0 Å². The lowest BCUT2D eigenvalue weighted by Crippen LogP contribution is -2.33. The number of nitrogens with zero attached hydrogens (tertiary/aromatic N) is 2. The fourth-order valence-corrected chi connectivity index (χ4v) is 1.78. The van der Waals surface area contributed by atoms with E-state index >= 15 is 0 Å². The molecule has 1 aliphatic rings. The van der Waals surface area contributed by atoms with E-state index < -0.39 is 5.60 Å². The largest absolute Gasteiger partial charge is 0.459 e. The van der Waals surface area contributed by atoms with Gasteiger partial charge in [-0.25, -0.2) is 0 Å². The van der Waals surface area contributed by atoms with Crippen molar-refractivity contribution in [2.75, 3.05) is 20.6 Å². The van der Waals surface area contributed by atoms with Gasteiger partial charge in [0.25, 0.3) is 0 Å². The van der Waals surface area contributed by atoms with Crippen LogP contribution < -0.4 is 0 Å². The molecule has 0 aromatic heterocycles. The lowest BCUT2D eigenvalue weighted by Gasteiger charge is -2.28. The zero-order valence-corrected chi connectivity index (χ0v) is 12.7. The Kier molecular flexibility index (Phi) is 4.81. The highest BCUT2D eigenvalue weighted by atomic mass is 16.6. The number of carbonyl (C=O) groups is 1. The van der Waals surface area contributed by atoms with Gasteiger partial charge in [-0.15, -0.1) is 0 Å². The van der Waals surface area contributed by atoms with Gasteiger partial charge in [-0.05, 0) is 39.8 Å². The number of allylic oxidation sites excluding steroid dienone is 4. The molecule has 1 aliphatic heterocycles. The summed E-state index contributed by atoms with van der Waals surface area (Å²) < 4.78 is 5.32. The van der Waals surface area contributed by atoms with Crippen molar-refractivity contribution in [3.05, 3.63) is 35.8 Å².